The minimum absolute atomic E-state index is 0.0108. The number of rotatable bonds is 10. The quantitative estimate of drug-likeness (QED) is 0.398. The molecule has 0 atom stereocenters. The number of nitrogens with zero attached hydrogens (tertiary/aromatic N) is 1. The van der Waals surface area contributed by atoms with Gasteiger partial charge in [-0.2, -0.15) is 5.10 Å². The van der Waals surface area contributed by atoms with Gasteiger partial charge in [-0.3, -0.25) is 4.79 Å². The number of benzene rings is 1. The second-order valence-corrected chi connectivity index (χ2v) is 5.48. The molecule has 0 aromatic heterocycles. The van der Waals surface area contributed by atoms with Gasteiger partial charge in [-0.1, -0.05) is 39.0 Å². The molecule has 0 radical (unpaired) electrons. The molecular formula is C18H28N2O2. The molecule has 0 fully saturated rings. The van der Waals surface area contributed by atoms with Crippen molar-refractivity contribution in [3.8, 4) is 5.75 Å². The largest absolute Gasteiger partial charge is 0.497 e. The van der Waals surface area contributed by atoms with E-state index in [9.17, 15) is 4.79 Å². The average Bonchev–Trinajstić information content (AvgIpc) is 2.56. The predicted octanol–water partition coefficient (Wildman–Crippen LogP) is 4.29. The summed E-state index contributed by atoms with van der Waals surface area (Å²) in [5.41, 5.74) is 4.39. The normalized spacial score (nSPS) is 11.3. The van der Waals surface area contributed by atoms with Crippen LogP contribution in [0.5, 0.6) is 5.75 Å². The van der Waals surface area contributed by atoms with E-state index in [-0.39, 0.29) is 5.91 Å². The lowest BCUT2D eigenvalue weighted by molar-refractivity contribution is -0.121. The Morgan fingerprint density at radius 2 is 1.73 bits per heavy atom. The lowest BCUT2D eigenvalue weighted by atomic mass is 10.1. The molecule has 1 aromatic rings. The number of hydrazone groups is 1. The van der Waals surface area contributed by atoms with Gasteiger partial charge in [0.05, 0.1) is 12.8 Å². The van der Waals surface area contributed by atoms with Gasteiger partial charge >= 0.3 is 0 Å². The number of amides is 1. The fourth-order valence-corrected chi connectivity index (χ4v) is 2.16. The van der Waals surface area contributed by atoms with Crippen molar-refractivity contribution in [1.29, 1.82) is 0 Å². The Morgan fingerprint density at radius 3 is 2.36 bits per heavy atom. The van der Waals surface area contributed by atoms with Crippen LogP contribution in [-0.4, -0.2) is 18.7 Å². The third-order valence-electron chi connectivity index (χ3n) is 3.61. The molecule has 4 heteroatoms. The number of hydrogen-bond donors (Lipinski definition) is 1. The molecule has 4 nitrogen and oxygen atoms in total. The van der Waals surface area contributed by atoms with Crippen molar-refractivity contribution in [2.75, 3.05) is 7.11 Å². The first kappa shape index (κ1) is 18.2. The van der Waals surface area contributed by atoms with E-state index < -0.39 is 0 Å². The van der Waals surface area contributed by atoms with Gasteiger partial charge in [0.1, 0.15) is 5.75 Å². The summed E-state index contributed by atoms with van der Waals surface area (Å²) in [4.78, 5) is 11.7. The van der Waals surface area contributed by atoms with Crippen LogP contribution in [-0.2, 0) is 4.79 Å². The monoisotopic (exact) mass is 304 g/mol. The highest BCUT2D eigenvalue weighted by atomic mass is 16.5. The van der Waals surface area contributed by atoms with Gasteiger partial charge in [0.25, 0.3) is 0 Å². The van der Waals surface area contributed by atoms with Crippen LogP contribution in [0.15, 0.2) is 29.4 Å². The summed E-state index contributed by atoms with van der Waals surface area (Å²) in [6, 6.07) is 7.62. The Labute approximate surface area is 134 Å². The first-order chi connectivity index (χ1) is 10.7. The number of carbonyl (C=O) groups is 1. The third-order valence-corrected chi connectivity index (χ3v) is 3.61. The van der Waals surface area contributed by atoms with Crippen LogP contribution in [0, 0.1) is 0 Å². The van der Waals surface area contributed by atoms with Gasteiger partial charge < -0.3 is 4.74 Å². The molecule has 1 rings (SSSR count). The van der Waals surface area contributed by atoms with Crippen LogP contribution in [0.3, 0.4) is 0 Å². The summed E-state index contributed by atoms with van der Waals surface area (Å²) < 4.78 is 5.12. The maximum Gasteiger partial charge on any atom is 0.240 e. The summed E-state index contributed by atoms with van der Waals surface area (Å²) in [5.74, 6) is 0.798. The van der Waals surface area contributed by atoms with Crippen LogP contribution in [0.2, 0.25) is 0 Å². The SMILES string of the molecule is CCCCCCCCC(=O)NN=C(C)c1ccc(OC)cc1. The molecule has 0 aliphatic heterocycles. The minimum atomic E-state index is -0.0108. The minimum Gasteiger partial charge on any atom is -0.497 e. The topological polar surface area (TPSA) is 50.7 Å². The number of carbonyl (C=O) groups excluding carboxylic acids is 1. The lowest BCUT2D eigenvalue weighted by Gasteiger charge is -2.04. The zero-order chi connectivity index (χ0) is 16.2. The summed E-state index contributed by atoms with van der Waals surface area (Å²) in [7, 11) is 1.64. The van der Waals surface area contributed by atoms with Gasteiger partial charge in [-0.05, 0) is 43.2 Å². The molecule has 0 saturated heterocycles. The Kier molecular flexibility index (Phi) is 8.96. The van der Waals surface area contributed by atoms with Crippen LogP contribution >= 0.6 is 0 Å². The van der Waals surface area contributed by atoms with E-state index >= 15 is 0 Å². The van der Waals surface area contributed by atoms with Crippen molar-refractivity contribution in [3.63, 3.8) is 0 Å². The van der Waals surface area contributed by atoms with Gasteiger partial charge in [-0.25, -0.2) is 5.43 Å². The molecule has 1 aromatic carbocycles. The Bertz CT molecular complexity index is 466. The van der Waals surface area contributed by atoms with Gasteiger partial charge in [0, 0.05) is 6.42 Å². The van der Waals surface area contributed by atoms with Crippen LogP contribution in [0.1, 0.15) is 64.4 Å². The van der Waals surface area contributed by atoms with Crippen molar-refractivity contribution >= 4 is 11.6 Å². The maximum absolute atomic E-state index is 11.7. The molecule has 0 saturated carbocycles. The van der Waals surface area contributed by atoms with E-state index in [1.807, 2.05) is 31.2 Å². The molecule has 0 heterocycles. The van der Waals surface area contributed by atoms with Crippen molar-refractivity contribution in [1.82, 2.24) is 5.43 Å². The molecule has 0 unspecified atom stereocenters. The molecule has 0 bridgehead atoms. The zero-order valence-electron chi connectivity index (χ0n) is 14.0. The zero-order valence-corrected chi connectivity index (χ0v) is 14.0. The molecule has 1 amide bonds. The summed E-state index contributed by atoms with van der Waals surface area (Å²) in [6.45, 7) is 4.09. The molecular weight excluding hydrogens is 276 g/mol. The third kappa shape index (κ3) is 7.25. The average molecular weight is 304 g/mol. The first-order valence-corrected chi connectivity index (χ1v) is 8.15. The molecule has 0 spiro atoms. The number of methoxy groups -OCH3 is 1. The smallest absolute Gasteiger partial charge is 0.240 e. The van der Waals surface area contributed by atoms with Crippen molar-refractivity contribution in [2.45, 2.75) is 58.8 Å². The van der Waals surface area contributed by atoms with E-state index in [0.717, 1.165) is 29.9 Å². The van der Waals surface area contributed by atoms with E-state index in [1.165, 1.54) is 25.7 Å². The summed E-state index contributed by atoms with van der Waals surface area (Å²) >= 11 is 0. The van der Waals surface area contributed by atoms with Crippen molar-refractivity contribution in [3.05, 3.63) is 29.8 Å². The van der Waals surface area contributed by atoms with E-state index in [4.69, 9.17) is 4.74 Å². The van der Waals surface area contributed by atoms with E-state index in [0.29, 0.717) is 6.42 Å². The van der Waals surface area contributed by atoms with Gasteiger partial charge in [-0.15, -0.1) is 0 Å². The molecule has 1 N–H and O–H groups in total. The fraction of sp³-hybridized carbons (Fsp3) is 0.556. The Balaban J connectivity index is 2.28. The predicted molar refractivity (Wildman–Crippen MR) is 91.3 cm³/mol. The van der Waals surface area contributed by atoms with E-state index in [2.05, 4.69) is 17.5 Å². The highest BCUT2D eigenvalue weighted by Crippen LogP contribution is 2.12. The molecule has 0 aliphatic carbocycles. The molecule has 122 valence electrons. The highest BCUT2D eigenvalue weighted by Gasteiger charge is 2.02. The summed E-state index contributed by atoms with van der Waals surface area (Å²) in [6.07, 6.45) is 7.63. The fourth-order valence-electron chi connectivity index (χ4n) is 2.16. The second-order valence-electron chi connectivity index (χ2n) is 5.48. The number of hydrogen-bond acceptors (Lipinski definition) is 3. The molecule has 22 heavy (non-hydrogen) atoms. The molecule has 0 aliphatic rings. The van der Waals surface area contributed by atoms with Crippen LogP contribution in [0.25, 0.3) is 0 Å². The number of ether oxygens (including phenoxy) is 1. The van der Waals surface area contributed by atoms with Gasteiger partial charge in [0.2, 0.25) is 5.91 Å². The van der Waals surface area contributed by atoms with Crippen molar-refractivity contribution < 1.29 is 9.53 Å². The lowest BCUT2D eigenvalue weighted by Crippen LogP contribution is -2.18. The van der Waals surface area contributed by atoms with Crippen LogP contribution in [0.4, 0.5) is 0 Å². The Morgan fingerprint density at radius 1 is 1.09 bits per heavy atom. The van der Waals surface area contributed by atoms with Crippen LogP contribution < -0.4 is 10.2 Å². The Hall–Kier alpha value is -1.84. The maximum atomic E-state index is 11.7. The standard InChI is InChI=1S/C18H28N2O2/c1-4-5-6-7-8-9-10-18(21)20-19-15(2)16-11-13-17(22-3)14-12-16/h11-14H,4-10H2,1-3H3,(H,20,21). The second kappa shape index (κ2) is 10.8. The van der Waals surface area contributed by atoms with E-state index in [1.54, 1.807) is 7.11 Å². The van der Waals surface area contributed by atoms with Gasteiger partial charge in [0.15, 0.2) is 0 Å². The van der Waals surface area contributed by atoms with Crippen molar-refractivity contribution in [2.24, 2.45) is 5.10 Å². The number of unbranched alkanes of at least 4 members (excludes halogenated alkanes) is 5. The summed E-state index contributed by atoms with van der Waals surface area (Å²) in [5, 5.41) is 4.15. The number of nitrogens with one attached hydrogen (secondary N) is 1. The first-order valence-electron chi connectivity index (χ1n) is 8.15. The highest BCUT2D eigenvalue weighted by molar-refractivity contribution is 5.99.